The Morgan fingerprint density at radius 1 is 1.00 bits per heavy atom. The lowest BCUT2D eigenvalue weighted by atomic mass is 10.3. The van der Waals surface area contributed by atoms with Crippen molar-refractivity contribution >= 4 is 23.0 Å². The molecule has 0 saturated heterocycles. The minimum absolute atomic E-state index is 0.818. The lowest BCUT2D eigenvalue weighted by Gasteiger charge is -2.26. The SMILES string of the molecule is CCN(CC)CCCN(CC)C(=S)Nc1ccccc1. The number of nitrogens with one attached hydrogen (secondary N) is 1. The largest absolute Gasteiger partial charge is 0.349 e. The Morgan fingerprint density at radius 2 is 1.65 bits per heavy atom. The van der Waals surface area contributed by atoms with Crippen LogP contribution in [0.25, 0.3) is 0 Å². The molecule has 4 heteroatoms. The highest BCUT2D eigenvalue weighted by Crippen LogP contribution is 2.07. The van der Waals surface area contributed by atoms with Crippen molar-refractivity contribution in [3.8, 4) is 0 Å². The first kappa shape index (κ1) is 16.9. The van der Waals surface area contributed by atoms with Crippen molar-refractivity contribution in [2.24, 2.45) is 0 Å². The maximum absolute atomic E-state index is 5.49. The molecule has 20 heavy (non-hydrogen) atoms. The number of para-hydroxylation sites is 1. The van der Waals surface area contributed by atoms with Crippen LogP contribution >= 0.6 is 12.2 Å². The quantitative estimate of drug-likeness (QED) is 0.740. The second kappa shape index (κ2) is 9.72. The number of thiocarbonyl (C=S) groups is 1. The first-order valence-electron chi connectivity index (χ1n) is 7.54. The zero-order valence-corrected chi connectivity index (χ0v) is 13.7. The highest BCUT2D eigenvalue weighted by molar-refractivity contribution is 7.80. The second-order valence-corrected chi connectivity index (χ2v) is 5.14. The molecule has 0 saturated carbocycles. The molecule has 0 heterocycles. The number of hydrogen-bond donors (Lipinski definition) is 1. The van der Waals surface area contributed by atoms with Gasteiger partial charge in [0.2, 0.25) is 0 Å². The number of hydrogen-bond acceptors (Lipinski definition) is 2. The van der Waals surface area contributed by atoms with Gasteiger partial charge in [0.1, 0.15) is 0 Å². The van der Waals surface area contributed by atoms with Crippen molar-refractivity contribution in [3.63, 3.8) is 0 Å². The van der Waals surface area contributed by atoms with Gasteiger partial charge in [0.15, 0.2) is 5.11 Å². The summed E-state index contributed by atoms with van der Waals surface area (Å²) < 4.78 is 0. The van der Waals surface area contributed by atoms with Crippen LogP contribution < -0.4 is 5.32 Å². The molecule has 3 nitrogen and oxygen atoms in total. The molecular formula is C16H27N3S. The highest BCUT2D eigenvalue weighted by atomic mass is 32.1. The number of benzene rings is 1. The summed E-state index contributed by atoms with van der Waals surface area (Å²) >= 11 is 5.49. The summed E-state index contributed by atoms with van der Waals surface area (Å²) in [6.45, 7) is 11.9. The summed E-state index contributed by atoms with van der Waals surface area (Å²) in [4.78, 5) is 4.67. The van der Waals surface area contributed by atoms with Crippen LogP contribution in [0.1, 0.15) is 27.2 Å². The molecule has 0 aliphatic heterocycles. The Kier molecular flexibility index (Phi) is 8.23. The summed E-state index contributed by atoms with van der Waals surface area (Å²) in [5.41, 5.74) is 1.06. The zero-order valence-electron chi connectivity index (χ0n) is 12.9. The van der Waals surface area contributed by atoms with E-state index in [1.807, 2.05) is 30.3 Å². The molecule has 1 aromatic carbocycles. The second-order valence-electron chi connectivity index (χ2n) is 4.76. The minimum Gasteiger partial charge on any atom is -0.349 e. The molecule has 0 spiro atoms. The summed E-state index contributed by atoms with van der Waals surface area (Å²) in [6, 6.07) is 10.1. The van der Waals surface area contributed by atoms with E-state index in [0.29, 0.717) is 0 Å². The van der Waals surface area contributed by atoms with Crippen LogP contribution in [0.2, 0.25) is 0 Å². The lowest BCUT2D eigenvalue weighted by molar-refractivity contribution is 0.284. The van der Waals surface area contributed by atoms with Gasteiger partial charge in [-0.2, -0.15) is 0 Å². The van der Waals surface area contributed by atoms with Gasteiger partial charge in [0.25, 0.3) is 0 Å². The molecule has 1 rings (SSSR count). The van der Waals surface area contributed by atoms with Gasteiger partial charge < -0.3 is 15.1 Å². The highest BCUT2D eigenvalue weighted by Gasteiger charge is 2.08. The fourth-order valence-corrected chi connectivity index (χ4v) is 2.49. The van der Waals surface area contributed by atoms with Crippen LogP contribution in [0.3, 0.4) is 0 Å². The van der Waals surface area contributed by atoms with Gasteiger partial charge >= 0.3 is 0 Å². The minimum atomic E-state index is 0.818. The molecule has 0 aliphatic rings. The lowest BCUT2D eigenvalue weighted by Crippen LogP contribution is -2.37. The van der Waals surface area contributed by atoms with Crippen LogP contribution in [-0.4, -0.2) is 47.6 Å². The first-order valence-corrected chi connectivity index (χ1v) is 7.95. The standard InChI is InChI=1S/C16H27N3S/c1-4-18(5-2)13-10-14-19(6-3)16(20)17-15-11-8-7-9-12-15/h7-9,11-12H,4-6,10,13-14H2,1-3H3,(H,17,20). The molecular weight excluding hydrogens is 266 g/mol. The predicted molar refractivity (Wildman–Crippen MR) is 92.3 cm³/mol. The van der Waals surface area contributed by atoms with Crippen LogP contribution in [0.5, 0.6) is 0 Å². The maximum atomic E-state index is 5.49. The van der Waals surface area contributed by atoms with Crippen molar-refractivity contribution in [2.45, 2.75) is 27.2 Å². The molecule has 1 aromatic rings. The topological polar surface area (TPSA) is 18.5 Å². The van der Waals surface area contributed by atoms with Gasteiger partial charge in [-0.05, 0) is 57.3 Å². The number of nitrogens with zero attached hydrogens (tertiary/aromatic N) is 2. The molecule has 0 atom stereocenters. The third-order valence-corrected chi connectivity index (χ3v) is 3.85. The van der Waals surface area contributed by atoms with Crippen LogP contribution in [-0.2, 0) is 0 Å². The molecule has 0 bridgehead atoms. The monoisotopic (exact) mass is 293 g/mol. The fraction of sp³-hybridized carbons (Fsp3) is 0.562. The van der Waals surface area contributed by atoms with Crippen LogP contribution in [0.15, 0.2) is 30.3 Å². The van der Waals surface area contributed by atoms with Gasteiger partial charge in [-0.25, -0.2) is 0 Å². The Bertz CT molecular complexity index is 377. The van der Waals surface area contributed by atoms with Gasteiger partial charge in [0, 0.05) is 18.8 Å². The van der Waals surface area contributed by atoms with E-state index in [-0.39, 0.29) is 0 Å². The van der Waals surface area contributed by atoms with Gasteiger partial charge in [-0.15, -0.1) is 0 Å². The third-order valence-electron chi connectivity index (χ3n) is 3.49. The molecule has 1 N–H and O–H groups in total. The Balaban J connectivity index is 2.39. The van der Waals surface area contributed by atoms with Crippen molar-refractivity contribution in [2.75, 3.05) is 38.0 Å². The molecule has 0 fully saturated rings. The van der Waals surface area contributed by atoms with E-state index in [4.69, 9.17) is 12.2 Å². The van der Waals surface area contributed by atoms with Crippen molar-refractivity contribution < 1.29 is 0 Å². The fourth-order valence-electron chi connectivity index (χ4n) is 2.15. The molecule has 0 unspecified atom stereocenters. The van der Waals surface area contributed by atoms with Gasteiger partial charge in [-0.1, -0.05) is 32.0 Å². The molecule has 112 valence electrons. The van der Waals surface area contributed by atoms with E-state index in [9.17, 15) is 0 Å². The van der Waals surface area contributed by atoms with E-state index in [0.717, 1.165) is 49.9 Å². The van der Waals surface area contributed by atoms with Crippen molar-refractivity contribution in [3.05, 3.63) is 30.3 Å². The predicted octanol–water partition coefficient (Wildman–Crippen LogP) is 3.44. The van der Waals surface area contributed by atoms with E-state index >= 15 is 0 Å². The Labute approximate surface area is 129 Å². The average molecular weight is 293 g/mol. The average Bonchev–Trinajstić information content (AvgIpc) is 2.48. The summed E-state index contributed by atoms with van der Waals surface area (Å²) in [7, 11) is 0. The first-order chi connectivity index (χ1) is 9.71. The van der Waals surface area contributed by atoms with Crippen molar-refractivity contribution in [1.82, 2.24) is 9.80 Å². The number of rotatable bonds is 8. The van der Waals surface area contributed by atoms with E-state index in [1.54, 1.807) is 0 Å². The molecule has 0 amide bonds. The summed E-state index contributed by atoms with van der Waals surface area (Å²) in [5.74, 6) is 0. The smallest absolute Gasteiger partial charge is 0.173 e. The maximum Gasteiger partial charge on any atom is 0.173 e. The third kappa shape index (κ3) is 5.88. The van der Waals surface area contributed by atoms with Crippen molar-refractivity contribution in [1.29, 1.82) is 0 Å². The van der Waals surface area contributed by atoms with E-state index < -0.39 is 0 Å². The van der Waals surface area contributed by atoms with E-state index in [1.165, 1.54) is 0 Å². The Morgan fingerprint density at radius 3 is 2.20 bits per heavy atom. The van der Waals surface area contributed by atoms with Gasteiger partial charge in [-0.3, -0.25) is 0 Å². The van der Waals surface area contributed by atoms with Crippen LogP contribution in [0, 0.1) is 0 Å². The molecule has 0 aliphatic carbocycles. The van der Waals surface area contributed by atoms with Crippen LogP contribution in [0.4, 0.5) is 5.69 Å². The molecule has 0 aromatic heterocycles. The van der Waals surface area contributed by atoms with E-state index in [2.05, 4.69) is 35.9 Å². The Hall–Kier alpha value is -1.13. The number of anilines is 1. The summed E-state index contributed by atoms with van der Waals surface area (Å²) in [5, 5.41) is 4.12. The molecule has 0 radical (unpaired) electrons. The zero-order chi connectivity index (χ0) is 14.8. The van der Waals surface area contributed by atoms with Gasteiger partial charge in [0.05, 0.1) is 0 Å². The summed E-state index contributed by atoms with van der Waals surface area (Å²) in [6.07, 6.45) is 1.14. The normalized spacial score (nSPS) is 10.6.